The van der Waals surface area contributed by atoms with Crippen molar-refractivity contribution >= 4 is 37.7 Å². The molecule has 0 aliphatic heterocycles. The van der Waals surface area contributed by atoms with Gasteiger partial charge in [0.2, 0.25) is 0 Å². The third kappa shape index (κ3) is 8.82. The van der Waals surface area contributed by atoms with Crippen LogP contribution in [0.25, 0.3) is 0 Å². The molecule has 0 aliphatic carbocycles. The second kappa shape index (κ2) is 17.7. The quantitative estimate of drug-likeness (QED) is 0.268. The molecule has 0 aliphatic rings. The van der Waals surface area contributed by atoms with Gasteiger partial charge in [-0.3, -0.25) is 0 Å². The Labute approximate surface area is 84.4 Å². The smallest absolute Gasteiger partial charge is 2.00 e. The Morgan fingerprint density at radius 2 is 1.00 bits per heavy atom. The third-order valence-electron chi connectivity index (χ3n) is 0. The molecule has 0 unspecified atom stereocenters. The van der Waals surface area contributed by atoms with Gasteiger partial charge in [-0.25, -0.2) is 0 Å². The summed E-state index contributed by atoms with van der Waals surface area (Å²) in [5.41, 5.74) is 0. The van der Waals surface area contributed by atoms with Gasteiger partial charge in [0.05, 0.1) is 0 Å². The van der Waals surface area contributed by atoms with Gasteiger partial charge in [-0.2, -0.15) is 0 Å². The van der Waals surface area contributed by atoms with E-state index in [1.54, 1.807) is 0 Å². The van der Waals surface area contributed by atoms with Gasteiger partial charge in [0.15, 0.2) is 0 Å². The van der Waals surface area contributed by atoms with Crippen molar-refractivity contribution in [2.45, 2.75) is 0 Å². The maximum atomic E-state index is 0. The number of halogens is 1. The molecule has 0 saturated heterocycles. The summed E-state index contributed by atoms with van der Waals surface area (Å²) in [7, 11) is 0. The molecule has 4 heavy (non-hydrogen) atoms. The van der Waals surface area contributed by atoms with E-state index in [0.29, 0.717) is 0 Å². The summed E-state index contributed by atoms with van der Waals surface area (Å²) in [4.78, 5) is 0. The van der Waals surface area contributed by atoms with Crippen LogP contribution in [0.15, 0.2) is 0 Å². The summed E-state index contributed by atoms with van der Waals surface area (Å²) in [5, 5.41) is 0. The van der Waals surface area contributed by atoms with E-state index in [0.717, 1.165) is 0 Å². The van der Waals surface area contributed by atoms with Gasteiger partial charge in [0.1, 0.15) is 0 Å². The molecule has 0 atom stereocenters. The van der Waals surface area contributed by atoms with Crippen LogP contribution in [-0.2, 0) is 5.48 Å². The molecule has 0 saturated carbocycles. The molecule has 1 nitrogen and oxygen atoms in total. The fraction of sp³-hybridized carbons (Fsp3) is 0. The maximum Gasteiger partial charge on any atom is 2.00 e. The summed E-state index contributed by atoms with van der Waals surface area (Å²) in [6, 6.07) is 0. The molecule has 0 amide bonds. The van der Waals surface area contributed by atoms with Crippen molar-refractivity contribution in [1.29, 1.82) is 0 Å². The standard InChI is InChI=1S/Ca.HI.Li.O/h;1H;;/q+2;;+1;-2/p-1. The van der Waals surface area contributed by atoms with Crippen LogP contribution >= 0.6 is 0 Å². The molecule has 0 radical (unpaired) electrons. The van der Waals surface area contributed by atoms with E-state index >= 15 is 0 Å². The summed E-state index contributed by atoms with van der Waals surface area (Å²) in [5.74, 6) is 0. The van der Waals surface area contributed by atoms with Crippen LogP contribution in [0.4, 0.5) is 0 Å². The Morgan fingerprint density at radius 3 is 1.00 bits per heavy atom. The van der Waals surface area contributed by atoms with Gasteiger partial charge in [-0.1, -0.05) is 0 Å². The van der Waals surface area contributed by atoms with Crippen LogP contribution < -0.4 is 42.8 Å². The fourth-order valence-electron chi connectivity index (χ4n) is 0. The van der Waals surface area contributed by atoms with Gasteiger partial charge in [0, 0.05) is 0 Å². The van der Waals surface area contributed by atoms with Crippen LogP contribution in [0.2, 0.25) is 0 Å². The predicted molar refractivity (Wildman–Crippen MR) is 6.44 cm³/mol. The molecular formula is CaILiO. The number of hydrogen-bond donors (Lipinski definition) is 0. The summed E-state index contributed by atoms with van der Waals surface area (Å²) < 4.78 is 0. The Bertz CT molecular complexity index is 8.00. The van der Waals surface area contributed by atoms with E-state index in [1.165, 1.54) is 0 Å². The first-order valence-electron chi connectivity index (χ1n) is 0. The van der Waals surface area contributed by atoms with Crippen molar-refractivity contribution in [2.75, 3.05) is 0 Å². The Balaban J connectivity index is 0. The minimum absolute atomic E-state index is 0. The topological polar surface area (TPSA) is 28.5 Å². The van der Waals surface area contributed by atoms with E-state index in [9.17, 15) is 0 Å². The summed E-state index contributed by atoms with van der Waals surface area (Å²) in [6.07, 6.45) is 0. The van der Waals surface area contributed by atoms with Crippen molar-refractivity contribution in [1.82, 2.24) is 0 Å². The third-order valence-corrected chi connectivity index (χ3v) is 0. The average Bonchev–Trinajstić information content (AvgIpc) is 0. The van der Waals surface area contributed by atoms with Crippen molar-refractivity contribution in [3.8, 4) is 0 Å². The first-order valence-corrected chi connectivity index (χ1v) is 0. The number of rotatable bonds is 0. The molecular weight excluding hydrogens is 190 g/mol. The summed E-state index contributed by atoms with van der Waals surface area (Å²) in [6.45, 7) is 0. The largest absolute Gasteiger partial charge is 2.00 e. The Kier molecular flexibility index (Phi) is 137. The van der Waals surface area contributed by atoms with E-state index < -0.39 is 0 Å². The zero-order chi connectivity index (χ0) is 0. The average molecular weight is 190 g/mol. The second-order valence-corrected chi connectivity index (χ2v) is 0. The minimum atomic E-state index is 0. The predicted octanol–water partition coefficient (Wildman–Crippen LogP) is -6.49. The maximum absolute atomic E-state index is 0. The summed E-state index contributed by atoms with van der Waals surface area (Å²) >= 11 is 0. The molecule has 0 N–H and O–H groups in total. The first kappa shape index (κ1) is 31.1. The van der Waals surface area contributed by atoms with Gasteiger partial charge < -0.3 is 29.5 Å². The molecule has 0 spiro atoms. The SMILES string of the molecule is [Ca+2].[I-].[Li+].[O-2]. The van der Waals surface area contributed by atoms with Crippen molar-refractivity contribution in [3.63, 3.8) is 0 Å². The second-order valence-electron chi connectivity index (χ2n) is 0. The molecule has 4 heteroatoms. The minimum Gasteiger partial charge on any atom is -2.00 e. The number of hydrogen-bond acceptors (Lipinski definition) is 0. The van der Waals surface area contributed by atoms with Crippen molar-refractivity contribution < 1.29 is 48.3 Å². The monoisotopic (exact) mass is 190 g/mol. The Morgan fingerprint density at radius 1 is 1.00 bits per heavy atom. The zero-order valence-corrected chi connectivity index (χ0v) is 6.86. The molecule has 0 bridgehead atoms. The van der Waals surface area contributed by atoms with Crippen molar-refractivity contribution in [2.24, 2.45) is 0 Å². The van der Waals surface area contributed by atoms with E-state index in [2.05, 4.69) is 0 Å². The normalized spacial score (nSPS) is 0. The molecule has 0 aromatic carbocycles. The molecule has 0 fully saturated rings. The van der Waals surface area contributed by atoms with E-state index in [4.69, 9.17) is 0 Å². The van der Waals surface area contributed by atoms with Crippen LogP contribution in [0.1, 0.15) is 0 Å². The van der Waals surface area contributed by atoms with E-state index in [1.807, 2.05) is 0 Å². The van der Waals surface area contributed by atoms with E-state index in [-0.39, 0.29) is 86.1 Å². The van der Waals surface area contributed by atoms with Gasteiger partial charge in [-0.05, 0) is 0 Å². The van der Waals surface area contributed by atoms with Gasteiger partial charge in [-0.15, -0.1) is 0 Å². The zero-order valence-electron chi connectivity index (χ0n) is 2.49. The first-order chi connectivity index (χ1) is 0. The Hall–Kier alpha value is 2.55. The molecule has 0 aromatic rings. The van der Waals surface area contributed by atoms with Crippen LogP contribution in [0.3, 0.4) is 0 Å². The molecule has 0 rings (SSSR count). The van der Waals surface area contributed by atoms with Gasteiger partial charge >= 0.3 is 56.6 Å². The van der Waals surface area contributed by atoms with Crippen LogP contribution in [-0.4, -0.2) is 37.7 Å². The van der Waals surface area contributed by atoms with Crippen LogP contribution in [0.5, 0.6) is 0 Å². The fourth-order valence-corrected chi connectivity index (χ4v) is 0. The van der Waals surface area contributed by atoms with Crippen LogP contribution in [0, 0.1) is 0 Å². The molecule has 0 heterocycles. The molecule has 0 aromatic heterocycles. The van der Waals surface area contributed by atoms with Crippen molar-refractivity contribution in [3.05, 3.63) is 0 Å². The van der Waals surface area contributed by atoms with Gasteiger partial charge in [0.25, 0.3) is 0 Å². The molecule has 16 valence electrons.